The Hall–Kier alpha value is -3.87. The molecule has 0 aliphatic heterocycles. The first-order chi connectivity index (χ1) is 19.6. The van der Waals surface area contributed by atoms with Gasteiger partial charge in [0, 0.05) is 57.9 Å². The molecule has 0 amide bonds. The SMILES string of the molecule is C=C1C(OC(C)=O)C(OC(C)=O)C(=O)C(C)(C)/C=C/[C@@H](C)C(=O)C2(OC(C)=O)C[C@@](C)(O)C(OC(C)=O)[C@@H]2[C@@H]1OC(C)=O. The van der Waals surface area contributed by atoms with Crippen LogP contribution < -0.4 is 0 Å². The van der Waals surface area contributed by atoms with Crippen molar-refractivity contribution in [2.24, 2.45) is 17.3 Å². The molecule has 8 atom stereocenters. The molecule has 0 radical (unpaired) electrons. The van der Waals surface area contributed by atoms with E-state index in [2.05, 4.69) is 6.58 Å². The monoisotopic (exact) mass is 608 g/mol. The Morgan fingerprint density at radius 3 is 1.70 bits per heavy atom. The van der Waals surface area contributed by atoms with Crippen LogP contribution in [0.4, 0.5) is 0 Å². The zero-order valence-corrected chi connectivity index (χ0v) is 25.9. The summed E-state index contributed by atoms with van der Waals surface area (Å²) in [6.07, 6.45) is -4.94. The fraction of sp³-hybridized carbons (Fsp3) is 0.633. The zero-order valence-electron chi connectivity index (χ0n) is 25.9. The van der Waals surface area contributed by atoms with Crippen molar-refractivity contribution in [1.82, 2.24) is 0 Å². The molecular formula is C30H40O13. The van der Waals surface area contributed by atoms with E-state index < -0.39 is 101 Å². The second-order valence-electron chi connectivity index (χ2n) is 11.8. The third-order valence-corrected chi connectivity index (χ3v) is 7.45. The maximum absolute atomic E-state index is 14.3. The van der Waals surface area contributed by atoms with Gasteiger partial charge in [-0.15, -0.1) is 0 Å². The zero-order chi connectivity index (χ0) is 33.2. The minimum atomic E-state index is -2.30. The van der Waals surface area contributed by atoms with E-state index in [4.69, 9.17) is 23.7 Å². The van der Waals surface area contributed by atoms with Gasteiger partial charge in [0.1, 0.15) is 17.8 Å². The van der Waals surface area contributed by atoms with E-state index >= 15 is 0 Å². The minimum absolute atomic E-state index is 0.373. The van der Waals surface area contributed by atoms with Crippen LogP contribution in [-0.4, -0.2) is 82.1 Å². The molecule has 2 aliphatic rings. The standard InChI is InChI=1S/C30H40O13/c1-14-11-12-28(8,9)26(37)24(41-18(5)33)23(40-17(4)32)15(2)22(39-16(3)31)21-27(42-19(6)34)29(10,38)13-30(21,25(14)36)43-20(7)35/h11-12,14,21-24,27,38H,2,13H2,1,3-10H3/b12-11+/t14-,21+,22-,23?,24?,27?,29-,30?/m1/s1. The lowest BCUT2D eigenvalue weighted by Crippen LogP contribution is -2.58. The highest BCUT2D eigenvalue weighted by molar-refractivity contribution is 5.95. The van der Waals surface area contributed by atoms with Gasteiger partial charge in [-0.3, -0.25) is 33.6 Å². The van der Waals surface area contributed by atoms with Crippen LogP contribution >= 0.6 is 0 Å². The number of carbonyl (C=O) groups is 7. The molecule has 238 valence electrons. The molecule has 0 aromatic heterocycles. The van der Waals surface area contributed by atoms with Gasteiger partial charge in [-0.05, 0) is 20.8 Å². The highest BCUT2D eigenvalue weighted by Gasteiger charge is 2.70. The normalized spacial score (nSPS) is 34.9. The molecule has 2 rings (SSSR count). The average Bonchev–Trinajstić information content (AvgIpc) is 3.06. The Morgan fingerprint density at radius 2 is 1.23 bits per heavy atom. The fourth-order valence-corrected chi connectivity index (χ4v) is 5.80. The number of Topliss-reactive ketones (excluding diaryl/α,β-unsaturated/α-hetero) is 2. The predicted octanol–water partition coefficient (Wildman–Crippen LogP) is 1.71. The lowest BCUT2D eigenvalue weighted by Gasteiger charge is -2.42. The van der Waals surface area contributed by atoms with E-state index in [1.807, 2.05) is 0 Å². The Morgan fingerprint density at radius 1 is 0.767 bits per heavy atom. The molecule has 4 unspecified atom stereocenters. The molecule has 2 aliphatic carbocycles. The van der Waals surface area contributed by atoms with Crippen LogP contribution in [0.3, 0.4) is 0 Å². The van der Waals surface area contributed by atoms with Crippen molar-refractivity contribution < 1.29 is 62.4 Å². The molecule has 43 heavy (non-hydrogen) atoms. The number of hydrogen-bond acceptors (Lipinski definition) is 13. The molecule has 13 heteroatoms. The second-order valence-corrected chi connectivity index (χ2v) is 11.8. The molecule has 0 heterocycles. The molecule has 1 N–H and O–H groups in total. The van der Waals surface area contributed by atoms with Gasteiger partial charge in [0.2, 0.25) is 6.10 Å². The van der Waals surface area contributed by atoms with E-state index in [1.165, 1.54) is 39.8 Å². The van der Waals surface area contributed by atoms with Crippen molar-refractivity contribution in [1.29, 1.82) is 0 Å². The molecule has 13 nitrogen and oxygen atoms in total. The van der Waals surface area contributed by atoms with Crippen LogP contribution in [0.25, 0.3) is 0 Å². The van der Waals surface area contributed by atoms with Gasteiger partial charge in [-0.25, -0.2) is 0 Å². The Bertz CT molecular complexity index is 1240. The Kier molecular flexibility index (Phi) is 10.5. The number of fused-ring (bicyclic) bond motifs is 1. The van der Waals surface area contributed by atoms with Gasteiger partial charge in [0.05, 0.1) is 5.92 Å². The number of ketones is 2. The quantitative estimate of drug-likeness (QED) is 0.270. The molecule has 0 bridgehead atoms. The van der Waals surface area contributed by atoms with Gasteiger partial charge in [0.15, 0.2) is 23.3 Å². The van der Waals surface area contributed by atoms with Crippen molar-refractivity contribution in [3.63, 3.8) is 0 Å². The highest BCUT2D eigenvalue weighted by atomic mass is 16.6. The van der Waals surface area contributed by atoms with Crippen LogP contribution in [0.15, 0.2) is 24.3 Å². The second kappa shape index (κ2) is 12.8. The topological polar surface area (TPSA) is 186 Å². The predicted molar refractivity (Wildman–Crippen MR) is 147 cm³/mol. The summed E-state index contributed by atoms with van der Waals surface area (Å²) in [7, 11) is 0. The van der Waals surface area contributed by atoms with E-state index in [9.17, 15) is 38.7 Å². The first kappa shape index (κ1) is 35.3. The van der Waals surface area contributed by atoms with Crippen LogP contribution in [0, 0.1) is 17.3 Å². The summed E-state index contributed by atoms with van der Waals surface area (Å²) in [4.78, 5) is 90.2. The van der Waals surface area contributed by atoms with E-state index in [-0.39, 0.29) is 5.57 Å². The number of hydrogen-bond donors (Lipinski definition) is 1. The smallest absolute Gasteiger partial charge is 0.303 e. The first-order valence-corrected chi connectivity index (χ1v) is 13.6. The summed E-state index contributed by atoms with van der Waals surface area (Å²) in [5.74, 6) is -8.94. The average molecular weight is 609 g/mol. The third-order valence-electron chi connectivity index (χ3n) is 7.45. The Balaban J connectivity index is 3.13. The molecular weight excluding hydrogens is 568 g/mol. The molecule has 0 aromatic carbocycles. The van der Waals surface area contributed by atoms with Crippen LogP contribution in [-0.2, 0) is 57.2 Å². The number of ether oxygens (including phenoxy) is 5. The van der Waals surface area contributed by atoms with Crippen LogP contribution in [0.2, 0.25) is 0 Å². The van der Waals surface area contributed by atoms with Crippen molar-refractivity contribution in [3.8, 4) is 0 Å². The summed E-state index contributed by atoms with van der Waals surface area (Å²) in [6, 6.07) is 0. The summed E-state index contributed by atoms with van der Waals surface area (Å²) >= 11 is 0. The molecule has 0 spiro atoms. The van der Waals surface area contributed by atoms with Gasteiger partial charge >= 0.3 is 29.8 Å². The summed E-state index contributed by atoms with van der Waals surface area (Å²) in [6.45, 7) is 14.7. The fourth-order valence-electron chi connectivity index (χ4n) is 5.80. The maximum atomic E-state index is 14.3. The van der Waals surface area contributed by atoms with Crippen molar-refractivity contribution in [2.75, 3.05) is 0 Å². The molecule has 0 aromatic rings. The Labute approximate surface area is 249 Å². The van der Waals surface area contributed by atoms with Gasteiger partial charge in [0.25, 0.3) is 0 Å². The van der Waals surface area contributed by atoms with Crippen molar-refractivity contribution in [3.05, 3.63) is 24.3 Å². The number of aliphatic hydroxyl groups is 1. The van der Waals surface area contributed by atoms with E-state index in [0.717, 1.165) is 34.6 Å². The summed E-state index contributed by atoms with van der Waals surface area (Å²) in [5.41, 5.74) is -6.15. The van der Waals surface area contributed by atoms with E-state index in [0.29, 0.717) is 0 Å². The number of allylic oxidation sites excluding steroid dienone is 2. The molecule has 0 saturated heterocycles. The van der Waals surface area contributed by atoms with Crippen molar-refractivity contribution in [2.45, 2.75) is 104 Å². The molecule has 1 fully saturated rings. The van der Waals surface area contributed by atoms with Crippen molar-refractivity contribution >= 4 is 41.4 Å². The van der Waals surface area contributed by atoms with Crippen LogP contribution in [0.1, 0.15) is 68.7 Å². The number of carbonyl (C=O) groups excluding carboxylic acids is 7. The van der Waals surface area contributed by atoms with Gasteiger partial charge < -0.3 is 28.8 Å². The highest BCUT2D eigenvalue weighted by Crippen LogP contribution is 2.52. The lowest BCUT2D eigenvalue weighted by atomic mass is 9.72. The lowest BCUT2D eigenvalue weighted by molar-refractivity contribution is -0.188. The molecule has 1 saturated carbocycles. The third kappa shape index (κ3) is 7.56. The largest absolute Gasteiger partial charge is 0.459 e. The van der Waals surface area contributed by atoms with Gasteiger partial charge in [-0.1, -0.05) is 25.7 Å². The number of esters is 5. The van der Waals surface area contributed by atoms with Crippen LogP contribution in [0.5, 0.6) is 0 Å². The van der Waals surface area contributed by atoms with E-state index in [1.54, 1.807) is 0 Å². The summed E-state index contributed by atoms with van der Waals surface area (Å²) in [5, 5.41) is 11.6. The first-order valence-electron chi connectivity index (χ1n) is 13.6. The van der Waals surface area contributed by atoms with Gasteiger partial charge in [-0.2, -0.15) is 0 Å². The minimum Gasteiger partial charge on any atom is -0.459 e. The maximum Gasteiger partial charge on any atom is 0.303 e. The summed E-state index contributed by atoms with van der Waals surface area (Å²) < 4.78 is 27.7. The number of rotatable bonds is 5.